The lowest BCUT2D eigenvalue weighted by molar-refractivity contribution is -0.155. The number of hydrogen-bond acceptors (Lipinski definition) is 3. The minimum absolute atomic E-state index is 0.268. The molecule has 1 N–H and O–H groups in total. The molecule has 0 spiro atoms. The van der Waals surface area contributed by atoms with E-state index in [1.54, 1.807) is 0 Å². The van der Waals surface area contributed by atoms with Crippen molar-refractivity contribution >= 4 is 16.6 Å². The van der Waals surface area contributed by atoms with Gasteiger partial charge in [0.2, 0.25) is 0 Å². The summed E-state index contributed by atoms with van der Waals surface area (Å²) in [5.41, 5.74) is -0.819. The van der Waals surface area contributed by atoms with Crippen LogP contribution >= 0.6 is 0 Å². The van der Waals surface area contributed by atoms with Gasteiger partial charge in [0.15, 0.2) is 5.78 Å². The van der Waals surface area contributed by atoms with Gasteiger partial charge >= 0.3 is 0 Å². The third-order valence-electron chi connectivity index (χ3n) is 9.78. The van der Waals surface area contributed by atoms with E-state index in [0.717, 1.165) is 49.3 Å². The highest BCUT2D eigenvalue weighted by atomic mass is 32.2. The van der Waals surface area contributed by atoms with Gasteiger partial charge in [0.1, 0.15) is 0 Å². The zero-order valence-corrected chi connectivity index (χ0v) is 20.1. The monoisotopic (exact) mass is 442 g/mol. The van der Waals surface area contributed by atoms with Crippen LogP contribution in [0.2, 0.25) is 0 Å². The number of carbonyl (C=O) groups is 1. The van der Waals surface area contributed by atoms with Gasteiger partial charge in [0.25, 0.3) is 0 Å². The molecule has 5 rings (SSSR count). The maximum atomic E-state index is 13.9. The Balaban J connectivity index is 1.40. The molecule has 170 valence electrons. The predicted octanol–water partition coefficient (Wildman–Crippen LogP) is 5.38. The maximum absolute atomic E-state index is 13.9. The normalized spacial score (nSPS) is 48.3. The van der Waals surface area contributed by atoms with Crippen molar-refractivity contribution in [1.29, 1.82) is 0 Å². The molecule has 0 heterocycles. The molecule has 1 aromatic rings. The predicted molar refractivity (Wildman–Crippen MR) is 124 cm³/mol. The Labute approximate surface area is 189 Å². The van der Waals surface area contributed by atoms with Gasteiger partial charge in [0.05, 0.1) is 21.7 Å². The first kappa shape index (κ1) is 21.8. The molecule has 4 saturated carbocycles. The zero-order valence-electron chi connectivity index (χ0n) is 19.3. The number of fused-ring (bicyclic) bond motifs is 5. The molecule has 0 aliphatic heterocycles. The van der Waals surface area contributed by atoms with Gasteiger partial charge in [-0.1, -0.05) is 32.0 Å². The van der Waals surface area contributed by atoms with Crippen LogP contribution in [0.3, 0.4) is 0 Å². The van der Waals surface area contributed by atoms with E-state index in [1.165, 1.54) is 12.8 Å². The first-order chi connectivity index (χ1) is 14.7. The lowest BCUT2D eigenvalue weighted by Crippen LogP contribution is -2.59. The van der Waals surface area contributed by atoms with Gasteiger partial charge in [-0.25, -0.2) is 0 Å². The number of Topliss-reactive ketones (excluding diaryl/α,β-unsaturated/α-hetero) is 1. The highest BCUT2D eigenvalue weighted by molar-refractivity contribution is 7.86. The summed E-state index contributed by atoms with van der Waals surface area (Å²) >= 11 is 0. The van der Waals surface area contributed by atoms with Crippen LogP contribution in [0.15, 0.2) is 35.2 Å². The highest BCUT2D eigenvalue weighted by Crippen LogP contribution is 2.62. The summed E-state index contributed by atoms with van der Waals surface area (Å²) in [6, 6.07) is 9.57. The molecule has 4 aliphatic carbocycles. The van der Waals surface area contributed by atoms with Gasteiger partial charge in [0, 0.05) is 10.3 Å². The Morgan fingerprint density at radius 1 is 0.968 bits per heavy atom. The van der Waals surface area contributed by atoms with Crippen molar-refractivity contribution in [2.75, 3.05) is 0 Å². The van der Waals surface area contributed by atoms with E-state index in [1.807, 2.05) is 37.3 Å². The van der Waals surface area contributed by atoms with Crippen LogP contribution in [0.25, 0.3) is 0 Å². The molecule has 1 aromatic carbocycles. The van der Waals surface area contributed by atoms with Gasteiger partial charge in [-0.2, -0.15) is 0 Å². The molecular weight excluding hydrogens is 404 g/mol. The van der Waals surface area contributed by atoms with E-state index in [2.05, 4.69) is 13.8 Å². The Morgan fingerprint density at radius 3 is 2.42 bits per heavy atom. The zero-order chi connectivity index (χ0) is 22.0. The van der Waals surface area contributed by atoms with E-state index >= 15 is 0 Å². The average Bonchev–Trinajstić information content (AvgIpc) is 2.75. The summed E-state index contributed by atoms with van der Waals surface area (Å²) in [5.74, 6) is 3.82. The quantitative estimate of drug-likeness (QED) is 0.669. The molecule has 31 heavy (non-hydrogen) atoms. The summed E-state index contributed by atoms with van der Waals surface area (Å²) in [7, 11) is -1.26. The van der Waals surface area contributed by atoms with Crippen molar-refractivity contribution in [2.24, 2.45) is 40.9 Å². The topological polar surface area (TPSA) is 54.4 Å². The molecule has 0 radical (unpaired) electrons. The van der Waals surface area contributed by atoms with Crippen LogP contribution in [0, 0.1) is 40.9 Å². The fourth-order valence-corrected chi connectivity index (χ4v) is 10.2. The number of carbonyl (C=O) groups excluding carboxylic acids is 1. The molecule has 10 atom stereocenters. The Bertz CT molecular complexity index is 864. The van der Waals surface area contributed by atoms with Gasteiger partial charge in [-0.15, -0.1) is 0 Å². The Hall–Kier alpha value is -1.00. The van der Waals surface area contributed by atoms with Crippen LogP contribution in [0.1, 0.15) is 72.1 Å². The van der Waals surface area contributed by atoms with Gasteiger partial charge in [-0.05, 0) is 106 Å². The fraction of sp³-hybridized carbons (Fsp3) is 0.741. The molecule has 2 unspecified atom stereocenters. The van der Waals surface area contributed by atoms with E-state index < -0.39 is 16.4 Å². The van der Waals surface area contributed by atoms with Crippen LogP contribution in [-0.4, -0.2) is 25.9 Å². The molecular formula is C27H38O3S. The van der Waals surface area contributed by atoms with E-state index in [9.17, 15) is 14.1 Å². The van der Waals surface area contributed by atoms with Crippen molar-refractivity contribution in [3.63, 3.8) is 0 Å². The summed E-state index contributed by atoms with van der Waals surface area (Å²) < 4.78 is 13.4. The highest BCUT2D eigenvalue weighted by Gasteiger charge is 2.60. The molecule has 4 heteroatoms. The lowest BCUT2D eigenvalue weighted by atomic mass is 9.45. The van der Waals surface area contributed by atoms with E-state index in [-0.39, 0.29) is 16.4 Å². The minimum Gasteiger partial charge on any atom is -0.390 e. The second-order valence-corrected chi connectivity index (χ2v) is 13.4. The van der Waals surface area contributed by atoms with Crippen molar-refractivity contribution in [3.8, 4) is 0 Å². The van der Waals surface area contributed by atoms with E-state index in [0.29, 0.717) is 29.6 Å². The molecule has 4 fully saturated rings. The summed E-state index contributed by atoms with van der Waals surface area (Å²) in [6.45, 7) is 6.55. The van der Waals surface area contributed by atoms with E-state index in [4.69, 9.17) is 0 Å². The Kier molecular flexibility index (Phi) is 5.49. The molecule has 0 bridgehead atoms. The Morgan fingerprint density at radius 2 is 1.68 bits per heavy atom. The smallest absolute Gasteiger partial charge is 0.154 e. The number of rotatable bonds is 2. The lowest BCUT2D eigenvalue weighted by Gasteiger charge is -2.60. The van der Waals surface area contributed by atoms with Crippen molar-refractivity contribution in [3.05, 3.63) is 30.3 Å². The maximum Gasteiger partial charge on any atom is 0.154 e. The second kappa shape index (κ2) is 7.80. The summed E-state index contributed by atoms with van der Waals surface area (Å²) in [5, 5.41) is 10.3. The molecule has 4 aliphatic rings. The van der Waals surface area contributed by atoms with Crippen molar-refractivity contribution in [1.82, 2.24) is 0 Å². The second-order valence-electron chi connectivity index (χ2n) is 11.7. The largest absolute Gasteiger partial charge is 0.390 e. The third-order valence-corrected chi connectivity index (χ3v) is 11.4. The SMILES string of the molecule is C[C@@H]1CC(S(=O)c2ccccc2)C(=O)[C@@]2(C)CC[C@H]3[C@@H](CC[C@@H]4C[C@](C)(O)CC[C@@H]43)[C@H]12. The molecule has 3 nitrogen and oxygen atoms in total. The number of hydrogen-bond donors (Lipinski definition) is 1. The first-order valence-electron chi connectivity index (χ1n) is 12.4. The fourth-order valence-electron chi connectivity index (χ4n) is 8.53. The summed E-state index contributed by atoms with van der Waals surface area (Å²) in [6.07, 6.45) is 8.26. The number of aliphatic hydroxyl groups is 1. The van der Waals surface area contributed by atoms with Crippen LogP contribution in [0.5, 0.6) is 0 Å². The molecule has 0 amide bonds. The van der Waals surface area contributed by atoms with Crippen molar-refractivity contribution in [2.45, 2.75) is 87.9 Å². The van der Waals surface area contributed by atoms with Gasteiger partial charge < -0.3 is 5.11 Å². The van der Waals surface area contributed by atoms with Crippen molar-refractivity contribution < 1.29 is 14.1 Å². The van der Waals surface area contributed by atoms with Crippen LogP contribution in [-0.2, 0) is 15.6 Å². The van der Waals surface area contributed by atoms with Crippen LogP contribution < -0.4 is 0 Å². The molecule has 0 aromatic heterocycles. The first-order valence-corrected chi connectivity index (χ1v) is 13.6. The molecule has 0 saturated heterocycles. The standard InChI is InChI=1S/C27H38O3S/c1-17-15-23(31(30)19-7-5-4-6-8-19)25(28)27(3)14-12-21-20-11-13-26(2,29)16-18(20)9-10-22(21)24(17)27/h4-8,17-18,20-24,29H,9-16H2,1-3H3/t17-,18-,20+,21-,22-,23?,24+,26-,27+,31?/m1/s1. The third kappa shape index (κ3) is 3.57. The minimum atomic E-state index is -1.26. The van der Waals surface area contributed by atoms with Gasteiger partial charge in [-0.3, -0.25) is 9.00 Å². The number of benzene rings is 1. The van der Waals surface area contributed by atoms with Crippen LogP contribution in [0.4, 0.5) is 0 Å². The number of ketones is 1. The summed E-state index contributed by atoms with van der Waals surface area (Å²) in [4.78, 5) is 14.6. The average molecular weight is 443 g/mol.